The highest BCUT2D eigenvalue weighted by Crippen LogP contribution is 2.10. The Bertz CT molecular complexity index is 506. The minimum atomic E-state index is -2.90. The van der Waals surface area contributed by atoms with Crippen molar-refractivity contribution in [3.8, 4) is 0 Å². The minimum absolute atomic E-state index is 0.174. The summed E-state index contributed by atoms with van der Waals surface area (Å²) in [6, 6.07) is 3.93. The van der Waals surface area contributed by atoms with Gasteiger partial charge in [0.05, 0.1) is 11.4 Å². The summed E-state index contributed by atoms with van der Waals surface area (Å²) in [5.41, 5.74) is 2.94. The van der Waals surface area contributed by atoms with Crippen LogP contribution < -0.4 is 0 Å². The normalized spacial score (nSPS) is 11.8. The van der Waals surface area contributed by atoms with Crippen LogP contribution in [0.1, 0.15) is 18.2 Å². The van der Waals surface area contributed by atoms with Crippen LogP contribution in [0.15, 0.2) is 24.9 Å². The smallest absolute Gasteiger partial charge is 0.148 e. The van der Waals surface area contributed by atoms with Crippen molar-refractivity contribution < 1.29 is 8.42 Å². The second-order valence-electron chi connectivity index (χ2n) is 4.69. The number of pyridine rings is 1. The molecule has 0 atom stereocenters. The lowest BCUT2D eigenvalue weighted by Crippen LogP contribution is -2.25. The fourth-order valence-electron chi connectivity index (χ4n) is 1.45. The van der Waals surface area contributed by atoms with E-state index < -0.39 is 9.84 Å². The zero-order valence-electron chi connectivity index (χ0n) is 11.2. The van der Waals surface area contributed by atoms with Crippen molar-refractivity contribution in [3.63, 3.8) is 0 Å². The van der Waals surface area contributed by atoms with E-state index in [1.165, 1.54) is 6.26 Å². The molecule has 4 nitrogen and oxygen atoms in total. The van der Waals surface area contributed by atoms with Gasteiger partial charge in [-0.2, -0.15) is 0 Å². The van der Waals surface area contributed by atoms with Gasteiger partial charge in [-0.15, -0.1) is 0 Å². The van der Waals surface area contributed by atoms with Crippen LogP contribution in [0.4, 0.5) is 0 Å². The van der Waals surface area contributed by atoms with Crippen molar-refractivity contribution in [2.75, 3.05) is 25.6 Å². The summed E-state index contributed by atoms with van der Waals surface area (Å²) in [5, 5.41) is 0. The fourth-order valence-corrected chi connectivity index (χ4v) is 2.09. The summed E-state index contributed by atoms with van der Waals surface area (Å²) in [6.07, 6.45) is 3.04. The van der Waals surface area contributed by atoms with Crippen LogP contribution in [0.3, 0.4) is 0 Å². The molecule has 0 aliphatic heterocycles. The van der Waals surface area contributed by atoms with Crippen molar-refractivity contribution in [1.29, 1.82) is 0 Å². The molecular formula is C13H20N2O2S. The number of aromatic nitrogens is 1. The van der Waals surface area contributed by atoms with Crippen LogP contribution in [0.2, 0.25) is 0 Å². The molecule has 5 heteroatoms. The molecule has 0 fully saturated rings. The average Bonchev–Trinajstić information content (AvgIpc) is 2.26. The van der Waals surface area contributed by atoms with E-state index in [1.54, 1.807) is 6.20 Å². The Balaban J connectivity index is 2.54. The summed E-state index contributed by atoms with van der Waals surface area (Å²) >= 11 is 0. The van der Waals surface area contributed by atoms with E-state index in [-0.39, 0.29) is 5.75 Å². The third-order valence-electron chi connectivity index (χ3n) is 2.59. The van der Waals surface area contributed by atoms with Crippen LogP contribution in [-0.4, -0.2) is 43.9 Å². The Hall–Kier alpha value is -1.20. The van der Waals surface area contributed by atoms with Gasteiger partial charge in [0.25, 0.3) is 0 Å². The quantitative estimate of drug-likeness (QED) is 0.786. The van der Waals surface area contributed by atoms with Gasteiger partial charge in [-0.05, 0) is 31.2 Å². The fraction of sp³-hybridized carbons (Fsp3) is 0.462. The summed E-state index contributed by atoms with van der Waals surface area (Å²) in [6.45, 7) is 6.96. The predicted molar refractivity (Wildman–Crippen MR) is 75.0 cm³/mol. The molecular weight excluding hydrogens is 248 g/mol. The van der Waals surface area contributed by atoms with Gasteiger partial charge >= 0.3 is 0 Å². The first-order chi connectivity index (χ1) is 8.28. The summed E-state index contributed by atoms with van der Waals surface area (Å²) in [7, 11) is -1.01. The van der Waals surface area contributed by atoms with E-state index in [9.17, 15) is 8.42 Å². The van der Waals surface area contributed by atoms with Crippen LogP contribution in [0, 0.1) is 0 Å². The molecule has 0 aromatic carbocycles. The highest BCUT2D eigenvalue weighted by molar-refractivity contribution is 7.90. The van der Waals surface area contributed by atoms with Gasteiger partial charge in [0.1, 0.15) is 9.84 Å². The third-order valence-corrected chi connectivity index (χ3v) is 3.52. The average molecular weight is 268 g/mol. The monoisotopic (exact) mass is 268 g/mol. The Kier molecular flexibility index (Phi) is 5.04. The first-order valence-electron chi connectivity index (χ1n) is 5.75. The van der Waals surface area contributed by atoms with Crippen molar-refractivity contribution in [2.24, 2.45) is 0 Å². The van der Waals surface area contributed by atoms with Gasteiger partial charge in [-0.25, -0.2) is 8.42 Å². The lowest BCUT2D eigenvalue weighted by molar-refractivity contribution is 0.342. The van der Waals surface area contributed by atoms with E-state index in [1.807, 2.05) is 31.0 Å². The van der Waals surface area contributed by atoms with Gasteiger partial charge in [0, 0.05) is 25.5 Å². The molecule has 0 saturated carbocycles. The molecule has 0 amide bonds. The zero-order valence-corrected chi connectivity index (χ0v) is 12.0. The topological polar surface area (TPSA) is 50.3 Å². The van der Waals surface area contributed by atoms with Crippen LogP contribution in [0.25, 0.3) is 5.57 Å². The van der Waals surface area contributed by atoms with Crippen molar-refractivity contribution in [2.45, 2.75) is 13.5 Å². The number of nitrogens with zero attached hydrogens (tertiary/aromatic N) is 2. The SMILES string of the molecule is C=C(C)c1ccc(CN(C)CCS(C)(=O)=O)nc1. The molecule has 0 unspecified atom stereocenters. The third kappa shape index (κ3) is 5.42. The van der Waals surface area contributed by atoms with Gasteiger partial charge in [-0.1, -0.05) is 12.6 Å². The molecule has 100 valence electrons. The van der Waals surface area contributed by atoms with Crippen molar-refractivity contribution in [3.05, 3.63) is 36.2 Å². The number of hydrogen-bond acceptors (Lipinski definition) is 4. The van der Waals surface area contributed by atoms with Gasteiger partial charge in [0.2, 0.25) is 0 Å². The molecule has 0 aliphatic rings. The second kappa shape index (κ2) is 6.11. The van der Waals surface area contributed by atoms with E-state index in [0.717, 1.165) is 16.8 Å². The standard InChI is InChI=1S/C13H20N2O2S/c1-11(2)12-5-6-13(14-9-12)10-15(3)7-8-18(4,16)17/h5-6,9H,1,7-8,10H2,2-4H3. The number of allylic oxidation sites excluding steroid dienone is 1. The number of rotatable bonds is 6. The Morgan fingerprint density at radius 2 is 2.11 bits per heavy atom. The molecule has 18 heavy (non-hydrogen) atoms. The van der Waals surface area contributed by atoms with Crippen LogP contribution in [-0.2, 0) is 16.4 Å². The summed E-state index contributed by atoms with van der Waals surface area (Å²) < 4.78 is 22.1. The molecule has 1 heterocycles. The Morgan fingerprint density at radius 1 is 1.44 bits per heavy atom. The zero-order chi connectivity index (χ0) is 13.8. The Morgan fingerprint density at radius 3 is 2.56 bits per heavy atom. The van der Waals surface area contributed by atoms with Crippen molar-refractivity contribution >= 4 is 15.4 Å². The van der Waals surface area contributed by atoms with Crippen LogP contribution >= 0.6 is 0 Å². The van der Waals surface area contributed by atoms with E-state index in [4.69, 9.17) is 0 Å². The highest BCUT2D eigenvalue weighted by Gasteiger charge is 2.06. The lowest BCUT2D eigenvalue weighted by atomic mass is 10.1. The van der Waals surface area contributed by atoms with Crippen LogP contribution in [0.5, 0.6) is 0 Å². The molecule has 0 aliphatic carbocycles. The number of hydrogen-bond donors (Lipinski definition) is 0. The largest absolute Gasteiger partial charge is 0.300 e. The van der Waals surface area contributed by atoms with E-state index >= 15 is 0 Å². The summed E-state index contributed by atoms with van der Waals surface area (Å²) in [5.74, 6) is 0.174. The maximum atomic E-state index is 11.1. The van der Waals surface area contributed by atoms with Gasteiger partial charge in [0.15, 0.2) is 0 Å². The molecule has 1 aromatic rings. The molecule has 1 aromatic heterocycles. The number of sulfone groups is 1. The Labute approximate surface area is 109 Å². The first-order valence-corrected chi connectivity index (χ1v) is 7.81. The maximum Gasteiger partial charge on any atom is 0.148 e. The molecule has 0 saturated heterocycles. The van der Waals surface area contributed by atoms with E-state index in [2.05, 4.69) is 11.6 Å². The maximum absolute atomic E-state index is 11.1. The van der Waals surface area contributed by atoms with Gasteiger partial charge in [-0.3, -0.25) is 9.88 Å². The van der Waals surface area contributed by atoms with E-state index in [0.29, 0.717) is 13.1 Å². The molecule has 0 spiro atoms. The predicted octanol–water partition coefficient (Wildman–Crippen LogP) is 1.59. The summed E-state index contributed by atoms with van der Waals surface area (Å²) in [4.78, 5) is 6.28. The van der Waals surface area contributed by atoms with Gasteiger partial charge < -0.3 is 0 Å². The molecule has 0 radical (unpaired) electrons. The molecule has 1 rings (SSSR count). The lowest BCUT2D eigenvalue weighted by Gasteiger charge is -2.15. The van der Waals surface area contributed by atoms with Crippen molar-refractivity contribution in [1.82, 2.24) is 9.88 Å². The molecule has 0 N–H and O–H groups in total. The molecule has 0 bridgehead atoms. The highest BCUT2D eigenvalue weighted by atomic mass is 32.2. The second-order valence-corrected chi connectivity index (χ2v) is 6.95. The first kappa shape index (κ1) is 14.9. The minimum Gasteiger partial charge on any atom is -0.300 e.